The second kappa shape index (κ2) is 5.21. The van der Waals surface area contributed by atoms with Crippen molar-refractivity contribution in [3.8, 4) is 0 Å². The van der Waals surface area contributed by atoms with E-state index < -0.39 is 10.1 Å². The molecule has 0 heterocycles. The Hall–Kier alpha value is -1.22. The van der Waals surface area contributed by atoms with Crippen molar-refractivity contribution in [3.63, 3.8) is 0 Å². The second-order valence-corrected chi connectivity index (χ2v) is 4.75. The summed E-state index contributed by atoms with van der Waals surface area (Å²) in [6.45, 7) is 3.25. The maximum Gasteiger partial charge on any atom is 0.296 e. The third-order valence-corrected chi connectivity index (χ3v) is 3.00. The van der Waals surface area contributed by atoms with Gasteiger partial charge in [0, 0.05) is 4.90 Å². The van der Waals surface area contributed by atoms with Gasteiger partial charge in [-0.15, -0.1) is 4.33 Å². The van der Waals surface area contributed by atoms with Gasteiger partial charge in [-0.2, -0.15) is 8.42 Å². The minimum absolute atomic E-state index is 0.0449. The van der Waals surface area contributed by atoms with Crippen LogP contribution in [-0.4, -0.2) is 13.0 Å². The molecule has 0 unspecified atom stereocenters. The molecule has 88 valence electrons. The third-order valence-electron chi connectivity index (χ3n) is 1.50. The lowest BCUT2D eigenvalue weighted by Gasteiger charge is -2.04. The first-order valence-electron chi connectivity index (χ1n) is 3.93. The molecule has 0 aromatic heterocycles. The van der Waals surface area contributed by atoms with Crippen molar-refractivity contribution < 1.29 is 22.2 Å². The molecule has 0 fully saturated rings. The standard InChI is InChI=1S/C8H9NO5S2/c1-2-13-14-15-6-3-4-7(9)8(5-6)16(10,11)12/h2-5H,1,9H2,(H,10,11,12). The molecule has 0 radical (unpaired) electrons. The molecule has 16 heavy (non-hydrogen) atoms. The zero-order chi connectivity index (χ0) is 12.2. The monoisotopic (exact) mass is 263 g/mol. The van der Waals surface area contributed by atoms with Gasteiger partial charge in [0.05, 0.1) is 17.7 Å². The van der Waals surface area contributed by atoms with Gasteiger partial charge in [0.15, 0.2) is 0 Å². The van der Waals surface area contributed by atoms with Crippen molar-refractivity contribution in [1.29, 1.82) is 0 Å². The predicted molar refractivity (Wildman–Crippen MR) is 58.9 cm³/mol. The van der Waals surface area contributed by atoms with E-state index in [9.17, 15) is 8.42 Å². The fourth-order valence-electron chi connectivity index (χ4n) is 0.877. The first kappa shape index (κ1) is 12.8. The fourth-order valence-corrected chi connectivity index (χ4v) is 2.06. The zero-order valence-corrected chi connectivity index (χ0v) is 9.62. The largest absolute Gasteiger partial charge is 0.398 e. The summed E-state index contributed by atoms with van der Waals surface area (Å²) in [6, 6.07) is 4.02. The number of hydrogen-bond acceptors (Lipinski definition) is 6. The molecular formula is C8H9NO5S2. The Kier molecular flexibility index (Phi) is 4.19. The molecule has 0 saturated carbocycles. The molecular weight excluding hydrogens is 254 g/mol. The van der Waals surface area contributed by atoms with Crippen LogP contribution >= 0.6 is 12.0 Å². The van der Waals surface area contributed by atoms with E-state index in [-0.39, 0.29) is 10.6 Å². The van der Waals surface area contributed by atoms with E-state index in [1.807, 2.05) is 0 Å². The Morgan fingerprint density at radius 1 is 1.50 bits per heavy atom. The number of anilines is 1. The van der Waals surface area contributed by atoms with Crippen LogP contribution in [0.3, 0.4) is 0 Å². The highest BCUT2D eigenvalue weighted by Gasteiger charge is 2.14. The van der Waals surface area contributed by atoms with Crippen molar-refractivity contribution in [2.75, 3.05) is 5.73 Å². The Morgan fingerprint density at radius 3 is 2.75 bits per heavy atom. The summed E-state index contributed by atoms with van der Waals surface area (Å²) in [5, 5.41) is 0. The van der Waals surface area contributed by atoms with Crippen molar-refractivity contribution in [2.45, 2.75) is 9.79 Å². The molecule has 0 amide bonds. The van der Waals surface area contributed by atoms with Crippen LogP contribution in [-0.2, 0) is 19.3 Å². The molecule has 1 aromatic carbocycles. The summed E-state index contributed by atoms with van der Waals surface area (Å²) in [6.07, 6.45) is 1.06. The molecule has 3 N–H and O–H groups in total. The molecule has 6 nitrogen and oxygen atoms in total. The van der Waals surface area contributed by atoms with Crippen LogP contribution < -0.4 is 5.73 Å². The van der Waals surface area contributed by atoms with Gasteiger partial charge in [0.2, 0.25) is 0 Å². The van der Waals surface area contributed by atoms with Gasteiger partial charge < -0.3 is 10.6 Å². The van der Waals surface area contributed by atoms with Crippen LogP contribution in [0, 0.1) is 0 Å². The van der Waals surface area contributed by atoms with Gasteiger partial charge in [-0.3, -0.25) is 4.55 Å². The summed E-state index contributed by atoms with van der Waals surface area (Å²) in [5.74, 6) is 0. The van der Waals surface area contributed by atoms with Gasteiger partial charge >= 0.3 is 0 Å². The van der Waals surface area contributed by atoms with Gasteiger partial charge in [-0.05, 0) is 18.2 Å². The van der Waals surface area contributed by atoms with Crippen molar-refractivity contribution >= 4 is 27.8 Å². The molecule has 0 saturated heterocycles. The molecule has 0 aliphatic carbocycles. The second-order valence-electron chi connectivity index (χ2n) is 2.59. The smallest absolute Gasteiger partial charge is 0.296 e. The van der Waals surface area contributed by atoms with E-state index in [1.165, 1.54) is 18.2 Å². The number of nitrogen functional groups attached to an aromatic ring is 1. The minimum atomic E-state index is -4.34. The normalized spacial score (nSPS) is 11.1. The predicted octanol–water partition coefficient (Wildman–Crippen LogP) is 1.61. The van der Waals surface area contributed by atoms with Crippen LogP contribution in [0.1, 0.15) is 0 Å². The van der Waals surface area contributed by atoms with Crippen LogP contribution in [0.5, 0.6) is 0 Å². The summed E-state index contributed by atoms with van der Waals surface area (Å²) in [4.78, 5) is 4.41. The van der Waals surface area contributed by atoms with Crippen LogP contribution in [0.15, 0.2) is 40.8 Å². The lowest BCUT2D eigenvalue weighted by Crippen LogP contribution is -2.03. The van der Waals surface area contributed by atoms with Gasteiger partial charge in [-0.1, -0.05) is 6.58 Å². The van der Waals surface area contributed by atoms with Gasteiger partial charge in [-0.25, -0.2) is 0 Å². The molecule has 0 bridgehead atoms. The van der Waals surface area contributed by atoms with Crippen LogP contribution in [0.2, 0.25) is 0 Å². The Labute approximate surface area is 96.9 Å². The van der Waals surface area contributed by atoms with E-state index in [2.05, 4.69) is 15.8 Å². The zero-order valence-electron chi connectivity index (χ0n) is 7.99. The van der Waals surface area contributed by atoms with E-state index in [4.69, 9.17) is 10.3 Å². The molecule has 0 atom stereocenters. The maximum absolute atomic E-state index is 10.9. The van der Waals surface area contributed by atoms with E-state index >= 15 is 0 Å². The van der Waals surface area contributed by atoms with Crippen molar-refractivity contribution in [2.24, 2.45) is 0 Å². The summed E-state index contributed by atoms with van der Waals surface area (Å²) in [7, 11) is -4.34. The van der Waals surface area contributed by atoms with Crippen LogP contribution in [0.4, 0.5) is 5.69 Å². The number of rotatable bonds is 5. The quantitative estimate of drug-likeness (QED) is 0.158. The van der Waals surface area contributed by atoms with Gasteiger partial charge in [0.1, 0.15) is 11.2 Å². The molecule has 1 aromatic rings. The SMILES string of the molecule is C=COOSc1ccc(N)c(S(=O)(=O)O)c1. The minimum Gasteiger partial charge on any atom is -0.398 e. The number of hydrogen-bond donors (Lipinski definition) is 2. The van der Waals surface area contributed by atoms with Crippen molar-refractivity contribution in [3.05, 3.63) is 31.0 Å². The first-order valence-corrected chi connectivity index (χ1v) is 6.11. The fraction of sp³-hybridized carbons (Fsp3) is 0. The third kappa shape index (κ3) is 3.42. The molecule has 0 aliphatic heterocycles. The number of nitrogens with two attached hydrogens (primary N) is 1. The Morgan fingerprint density at radius 2 is 2.19 bits per heavy atom. The average Bonchev–Trinajstić information content (AvgIpc) is 2.19. The Bertz CT molecular complexity index is 485. The van der Waals surface area contributed by atoms with Crippen molar-refractivity contribution in [1.82, 2.24) is 0 Å². The molecule has 0 spiro atoms. The highest BCUT2D eigenvalue weighted by atomic mass is 32.2. The lowest BCUT2D eigenvalue weighted by molar-refractivity contribution is -0.129. The molecule has 8 heteroatoms. The van der Waals surface area contributed by atoms with E-state index in [1.54, 1.807) is 0 Å². The average molecular weight is 263 g/mol. The van der Waals surface area contributed by atoms with E-state index in [0.29, 0.717) is 4.90 Å². The first-order chi connectivity index (χ1) is 7.45. The summed E-state index contributed by atoms with van der Waals surface area (Å²) in [5.41, 5.74) is 5.35. The molecule has 1 rings (SSSR count). The van der Waals surface area contributed by atoms with E-state index in [0.717, 1.165) is 18.3 Å². The maximum atomic E-state index is 10.9. The topological polar surface area (TPSA) is 98.9 Å². The van der Waals surface area contributed by atoms with Gasteiger partial charge in [0.25, 0.3) is 10.1 Å². The number of benzene rings is 1. The summed E-state index contributed by atoms with van der Waals surface area (Å²) < 4.78 is 35.2. The highest BCUT2D eigenvalue weighted by Crippen LogP contribution is 2.26. The highest BCUT2D eigenvalue weighted by molar-refractivity contribution is 7.94. The molecule has 0 aliphatic rings. The van der Waals surface area contributed by atoms with Crippen LogP contribution in [0.25, 0.3) is 0 Å². The Balaban J connectivity index is 2.94. The lowest BCUT2D eigenvalue weighted by atomic mass is 10.3. The summed E-state index contributed by atoms with van der Waals surface area (Å²) >= 11 is 0.759.